The van der Waals surface area contributed by atoms with Crippen molar-refractivity contribution in [3.63, 3.8) is 0 Å². The highest BCUT2D eigenvalue weighted by Gasteiger charge is 2.31. The van der Waals surface area contributed by atoms with Crippen molar-refractivity contribution in [3.05, 3.63) is 107 Å². The highest BCUT2D eigenvalue weighted by molar-refractivity contribution is 5.36. The topological polar surface area (TPSA) is 29.5 Å². The van der Waals surface area contributed by atoms with Gasteiger partial charge in [-0.2, -0.15) is 0 Å². The Balaban J connectivity index is 1.68. The Morgan fingerprint density at radius 1 is 0.741 bits per heavy atom. The van der Waals surface area contributed by atoms with Crippen LogP contribution in [0.15, 0.2) is 78.9 Å². The van der Waals surface area contributed by atoms with Crippen LogP contribution in [0, 0.1) is 11.6 Å². The summed E-state index contributed by atoms with van der Waals surface area (Å²) in [6, 6.07) is 21.4. The second kappa shape index (κ2) is 8.89. The zero-order chi connectivity index (χ0) is 19.1. The Morgan fingerprint density at radius 3 is 1.78 bits per heavy atom. The number of aliphatic hydroxyl groups is 1. The molecule has 0 saturated carbocycles. The van der Waals surface area contributed by atoms with E-state index in [4.69, 9.17) is 4.74 Å². The molecule has 0 saturated heterocycles. The first kappa shape index (κ1) is 19.2. The molecule has 0 heterocycles. The van der Waals surface area contributed by atoms with Crippen LogP contribution in [-0.4, -0.2) is 11.7 Å². The fraction of sp³-hybridized carbons (Fsp3) is 0.217. The molecule has 0 fully saturated rings. The normalized spacial score (nSPS) is 11.5. The maximum Gasteiger partial charge on any atom is 0.123 e. The summed E-state index contributed by atoms with van der Waals surface area (Å²) < 4.78 is 32.3. The summed E-state index contributed by atoms with van der Waals surface area (Å²) in [5, 5.41) is 11.4. The predicted molar refractivity (Wildman–Crippen MR) is 101 cm³/mol. The van der Waals surface area contributed by atoms with Crippen molar-refractivity contribution in [2.75, 3.05) is 6.61 Å². The molecule has 0 spiro atoms. The van der Waals surface area contributed by atoms with Gasteiger partial charge in [-0.1, -0.05) is 54.6 Å². The molecule has 27 heavy (non-hydrogen) atoms. The molecule has 0 aliphatic heterocycles. The first-order valence-corrected chi connectivity index (χ1v) is 8.94. The Hall–Kier alpha value is -2.56. The fourth-order valence-corrected chi connectivity index (χ4v) is 3.10. The average Bonchev–Trinajstić information content (AvgIpc) is 2.69. The van der Waals surface area contributed by atoms with Gasteiger partial charge in [0.2, 0.25) is 0 Å². The molecule has 3 aromatic rings. The Kier molecular flexibility index (Phi) is 6.32. The minimum atomic E-state index is -1.34. The summed E-state index contributed by atoms with van der Waals surface area (Å²) in [6.45, 7) is 0.978. The molecule has 0 amide bonds. The number of halogens is 2. The molecule has 0 aliphatic rings. The van der Waals surface area contributed by atoms with Gasteiger partial charge in [-0.25, -0.2) is 8.78 Å². The van der Waals surface area contributed by atoms with E-state index in [0.717, 1.165) is 5.56 Å². The van der Waals surface area contributed by atoms with Crippen LogP contribution in [0.5, 0.6) is 0 Å². The minimum absolute atomic E-state index is 0.369. The maximum atomic E-state index is 13.3. The molecule has 140 valence electrons. The van der Waals surface area contributed by atoms with Crippen molar-refractivity contribution in [2.24, 2.45) is 0 Å². The van der Waals surface area contributed by atoms with E-state index in [1.165, 1.54) is 24.3 Å². The van der Waals surface area contributed by atoms with Crippen molar-refractivity contribution < 1.29 is 18.6 Å². The lowest BCUT2D eigenvalue weighted by Crippen LogP contribution is -2.28. The van der Waals surface area contributed by atoms with Crippen molar-refractivity contribution in [1.82, 2.24) is 0 Å². The lowest BCUT2D eigenvalue weighted by Gasteiger charge is -2.29. The zero-order valence-corrected chi connectivity index (χ0v) is 14.9. The van der Waals surface area contributed by atoms with Crippen molar-refractivity contribution in [2.45, 2.75) is 25.0 Å². The molecule has 0 atom stereocenters. The van der Waals surface area contributed by atoms with E-state index in [1.54, 1.807) is 24.3 Å². The molecule has 0 aromatic heterocycles. The second-order valence-electron chi connectivity index (χ2n) is 6.52. The third-order valence-corrected chi connectivity index (χ3v) is 4.58. The minimum Gasteiger partial charge on any atom is -0.380 e. The van der Waals surface area contributed by atoms with Crippen LogP contribution >= 0.6 is 0 Å². The molecule has 0 aliphatic carbocycles. The molecule has 4 heteroatoms. The van der Waals surface area contributed by atoms with Gasteiger partial charge in [0, 0.05) is 6.61 Å². The summed E-state index contributed by atoms with van der Waals surface area (Å²) in [4.78, 5) is 0. The van der Waals surface area contributed by atoms with Crippen molar-refractivity contribution in [3.8, 4) is 0 Å². The number of benzene rings is 3. The number of hydrogen-bond donors (Lipinski definition) is 1. The molecule has 1 N–H and O–H groups in total. The van der Waals surface area contributed by atoms with E-state index >= 15 is 0 Å². The SMILES string of the molecule is OC(CCCOCc1ccccc1)(c1ccc(F)cc1)c1ccc(F)cc1. The molecule has 3 rings (SSSR count). The van der Waals surface area contributed by atoms with Gasteiger partial charge in [-0.3, -0.25) is 0 Å². The van der Waals surface area contributed by atoms with E-state index < -0.39 is 5.60 Å². The van der Waals surface area contributed by atoms with Crippen molar-refractivity contribution in [1.29, 1.82) is 0 Å². The lowest BCUT2D eigenvalue weighted by atomic mass is 9.82. The molecule has 3 aromatic carbocycles. The third-order valence-electron chi connectivity index (χ3n) is 4.58. The van der Waals surface area contributed by atoms with Gasteiger partial charge in [-0.15, -0.1) is 0 Å². The molecule has 0 radical (unpaired) electrons. The van der Waals surface area contributed by atoms with Gasteiger partial charge in [0.25, 0.3) is 0 Å². The highest BCUT2D eigenvalue weighted by Crippen LogP contribution is 2.34. The quantitative estimate of drug-likeness (QED) is 0.554. The molecular weight excluding hydrogens is 346 g/mol. The first-order valence-electron chi connectivity index (χ1n) is 8.94. The van der Waals surface area contributed by atoms with Crippen LogP contribution in [0.1, 0.15) is 29.5 Å². The van der Waals surface area contributed by atoms with Crippen LogP contribution in [0.2, 0.25) is 0 Å². The Morgan fingerprint density at radius 2 is 1.26 bits per heavy atom. The van der Waals surface area contributed by atoms with E-state index in [2.05, 4.69) is 0 Å². The summed E-state index contributed by atoms with van der Waals surface area (Å²) >= 11 is 0. The van der Waals surface area contributed by atoms with E-state index in [-0.39, 0.29) is 11.6 Å². The van der Waals surface area contributed by atoms with Gasteiger partial charge >= 0.3 is 0 Å². The second-order valence-corrected chi connectivity index (χ2v) is 6.52. The lowest BCUT2D eigenvalue weighted by molar-refractivity contribution is 0.0488. The van der Waals surface area contributed by atoms with Crippen LogP contribution in [0.4, 0.5) is 8.78 Å². The van der Waals surface area contributed by atoms with E-state index in [9.17, 15) is 13.9 Å². The largest absolute Gasteiger partial charge is 0.380 e. The molecule has 2 nitrogen and oxygen atoms in total. The fourth-order valence-electron chi connectivity index (χ4n) is 3.10. The van der Waals surface area contributed by atoms with Crippen LogP contribution in [-0.2, 0) is 16.9 Å². The monoisotopic (exact) mass is 368 g/mol. The summed E-state index contributed by atoms with van der Waals surface area (Å²) in [5.74, 6) is -0.738. The standard InChI is InChI=1S/C23H22F2O2/c24-21-11-7-19(8-12-21)23(26,20-9-13-22(25)14-10-20)15-4-16-27-17-18-5-2-1-3-6-18/h1-3,5-14,26H,4,15-17H2. The van der Waals surface area contributed by atoms with Gasteiger partial charge in [0.05, 0.1) is 6.61 Å². The van der Waals surface area contributed by atoms with E-state index in [0.29, 0.717) is 37.2 Å². The van der Waals surface area contributed by atoms with Crippen LogP contribution in [0.3, 0.4) is 0 Å². The number of hydrogen-bond acceptors (Lipinski definition) is 2. The predicted octanol–water partition coefficient (Wildman–Crippen LogP) is 5.20. The molecular formula is C23H22F2O2. The summed E-state index contributed by atoms with van der Waals surface area (Å²) in [6.07, 6.45) is 0.969. The Labute approximate surface area is 158 Å². The maximum absolute atomic E-state index is 13.3. The van der Waals surface area contributed by atoms with Gasteiger partial charge < -0.3 is 9.84 Å². The van der Waals surface area contributed by atoms with Gasteiger partial charge in [0.1, 0.15) is 17.2 Å². The summed E-state index contributed by atoms with van der Waals surface area (Å²) in [5.41, 5.74) is 0.888. The molecule has 0 unspecified atom stereocenters. The molecule has 0 bridgehead atoms. The van der Waals surface area contributed by atoms with Crippen molar-refractivity contribution >= 4 is 0 Å². The number of rotatable bonds is 8. The smallest absolute Gasteiger partial charge is 0.123 e. The van der Waals surface area contributed by atoms with Gasteiger partial charge in [-0.05, 0) is 53.8 Å². The average molecular weight is 368 g/mol. The zero-order valence-electron chi connectivity index (χ0n) is 14.9. The van der Waals surface area contributed by atoms with Crippen LogP contribution < -0.4 is 0 Å². The summed E-state index contributed by atoms with van der Waals surface area (Å²) in [7, 11) is 0. The Bertz CT molecular complexity index is 785. The van der Waals surface area contributed by atoms with E-state index in [1.807, 2.05) is 30.3 Å². The first-order chi connectivity index (χ1) is 13.1. The van der Waals surface area contributed by atoms with Gasteiger partial charge in [0.15, 0.2) is 0 Å². The van der Waals surface area contributed by atoms with Crippen LogP contribution in [0.25, 0.3) is 0 Å². The third kappa shape index (κ3) is 5.00. The number of ether oxygens (including phenoxy) is 1. The highest BCUT2D eigenvalue weighted by atomic mass is 19.1.